The smallest absolute Gasteiger partial charge is 0.320 e. The molecule has 2 aromatic rings. The maximum absolute atomic E-state index is 11.3. The Morgan fingerprint density at radius 3 is 2.81 bits per heavy atom. The number of benzene rings is 1. The van der Waals surface area contributed by atoms with Crippen LogP contribution in [0.25, 0.3) is 10.9 Å². The molecular formula is C17H22N2O2. The molecule has 0 fully saturated rings. The highest BCUT2D eigenvalue weighted by Gasteiger charge is 2.18. The first kappa shape index (κ1) is 15.4. The minimum absolute atomic E-state index is 0.348. The van der Waals surface area contributed by atoms with Crippen molar-refractivity contribution in [2.75, 3.05) is 0 Å². The lowest BCUT2D eigenvalue weighted by atomic mass is 10.0. The molecule has 0 spiro atoms. The summed E-state index contributed by atoms with van der Waals surface area (Å²) in [5.74, 6) is -0.441. The molecule has 0 bridgehead atoms. The van der Waals surface area contributed by atoms with Crippen molar-refractivity contribution in [1.82, 2.24) is 10.3 Å². The molecule has 1 aromatic heterocycles. The molecule has 21 heavy (non-hydrogen) atoms. The van der Waals surface area contributed by atoms with E-state index < -0.39 is 12.0 Å². The van der Waals surface area contributed by atoms with E-state index in [4.69, 9.17) is 0 Å². The normalized spacial score (nSPS) is 12.8. The van der Waals surface area contributed by atoms with Crippen LogP contribution in [0.4, 0.5) is 0 Å². The first-order chi connectivity index (χ1) is 9.97. The van der Waals surface area contributed by atoms with E-state index in [0.717, 1.165) is 22.0 Å². The number of aromatic nitrogens is 1. The van der Waals surface area contributed by atoms with Crippen LogP contribution in [0.1, 0.15) is 31.4 Å². The molecule has 1 aromatic carbocycles. The highest BCUT2D eigenvalue weighted by Crippen LogP contribution is 2.18. The monoisotopic (exact) mass is 286 g/mol. The van der Waals surface area contributed by atoms with Gasteiger partial charge in [0, 0.05) is 18.1 Å². The predicted molar refractivity (Wildman–Crippen MR) is 84.2 cm³/mol. The highest BCUT2D eigenvalue weighted by molar-refractivity contribution is 5.82. The van der Waals surface area contributed by atoms with Crippen LogP contribution in [0, 0.1) is 12.8 Å². The standard InChI is InChI=1S/C17H22N2O2/c1-11(2)7-15(17(20)21)19-10-13-8-12(3)16-14(9-13)5-4-6-18-16/h4-6,8-9,11,15,19H,7,10H2,1-3H3,(H,20,21). The summed E-state index contributed by atoms with van der Waals surface area (Å²) in [6.07, 6.45) is 2.42. The van der Waals surface area contributed by atoms with Crippen LogP contribution in [-0.4, -0.2) is 22.1 Å². The molecule has 0 saturated carbocycles. The number of fused-ring (bicyclic) bond motifs is 1. The molecule has 0 amide bonds. The van der Waals surface area contributed by atoms with Crippen LogP contribution in [0.2, 0.25) is 0 Å². The first-order valence-corrected chi connectivity index (χ1v) is 7.28. The number of nitrogens with zero attached hydrogens (tertiary/aromatic N) is 1. The van der Waals surface area contributed by atoms with Crippen molar-refractivity contribution in [1.29, 1.82) is 0 Å². The number of rotatable bonds is 6. The van der Waals surface area contributed by atoms with Crippen molar-refractivity contribution in [2.24, 2.45) is 5.92 Å². The van der Waals surface area contributed by atoms with E-state index in [0.29, 0.717) is 18.9 Å². The molecule has 2 N–H and O–H groups in total. The minimum Gasteiger partial charge on any atom is -0.480 e. The minimum atomic E-state index is -0.789. The van der Waals surface area contributed by atoms with Gasteiger partial charge in [0.25, 0.3) is 0 Å². The van der Waals surface area contributed by atoms with Crippen LogP contribution in [-0.2, 0) is 11.3 Å². The van der Waals surface area contributed by atoms with Crippen molar-refractivity contribution < 1.29 is 9.90 Å². The van der Waals surface area contributed by atoms with Gasteiger partial charge in [-0.05, 0) is 42.5 Å². The molecule has 1 atom stereocenters. The number of carbonyl (C=O) groups is 1. The van der Waals surface area contributed by atoms with Crippen molar-refractivity contribution in [3.05, 3.63) is 41.6 Å². The third-order valence-corrected chi connectivity index (χ3v) is 3.51. The van der Waals surface area contributed by atoms with Crippen LogP contribution in [0.15, 0.2) is 30.5 Å². The maximum Gasteiger partial charge on any atom is 0.320 e. The van der Waals surface area contributed by atoms with Gasteiger partial charge in [-0.3, -0.25) is 9.78 Å². The zero-order valence-corrected chi connectivity index (χ0v) is 12.8. The lowest BCUT2D eigenvalue weighted by molar-refractivity contribution is -0.140. The average molecular weight is 286 g/mol. The molecule has 112 valence electrons. The van der Waals surface area contributed by atoms with Gasteiger partial charge < -0.3 is 10.4 Å². The van der Waals surface area contributed by atoms with E-state index in [1.807, 2.05) is 32.9 Å². The van der Waals surface area contributed by atoms with Gasteiger partial charge in [-0.15, -0.1) is 0 Å². The molecule has 0 aliphatic heterocycles. The molecular weight excluding hydrogens is 264 g/mol. The Morgan fingerprint density at radius 1 is 1.38 bits per heavy atom. The summed E-state index contributed by atoms with van der Waals surface area (Å²) in [7, 11) is 0. The number of carboxylic acids is 1. The summed E-state index contributed by atoms with van der Waals surface area (Å²) >= 11 is 0. The molecule has 0 aliphatic rings. The van der Waals surface area contributed by atoms with Crippen LogP contribution in [0.3, 0.4) is 0 Å². The second-order valence-electron chi connectivity index (χ2n) is 5.89. The molecule has 4 nitrogen and oxygen atoms in total. The third-order valence-electron chi connectivity index (χ3n) is 3.51. The van der Waals surface area contributed by atoms with Crippen LogP contribution >= 0.6 is 0 Å². The lowest BCUT2D eigenvalue weighted by Crippen LogP contribution is -2.37. The quantitative estimate of drug-likeness (QED) is 0.856. The summed E-state index contributed by atoms with van der Waals surface area (Å²) < 4.78 is 0. The van der Waals surface area contributed by atoms with Gasteiger partial charge in [0.2, 0.25) is 0 Å². The first-order valence-electron chi connectivity index (χ1n) is 7.28. The summed E-state index contributed by atoms with van der Waals surface area (Å²) in [5.41, 5.74) is 3.20. The SMILES string of the molecule is Cc1cc(CNC(CC(C)C)C(=O)O)cc2cccnc12. The number of hydrogen-bond acceptors (Lipinski definition) is 3. The third kappa shape index (κ3) is 4.02. The average Bonchev–Trinajstić information content (AvgIpc) is 2.43. The second kappa shape index (κ2) is 6.68. The van der Waals surface area contributed by atoms with E-state index in [2.05, 4.69) is 22.4 Å². The predicted octanol–water partition coefficient (Wildman–Crippen LogP) is 3.13. The van der Waals surface area contributed by atoms with Gasteiger partial charge in [-0.1, -0.05) is 26.0 Å². The Balaban J connectivity index is 2.14. The number of hydrogen-bond donors (Lipinski definition) is 2. The fourth-order valence-electron chi connectivity index (χ4n) is 2.54. The summed E-state index contributed by atoms with van der Waals surface area (Å²) in [5, 5.41) is 13.5. The molecule has 1 unspecified atom stereocenters. The maximum atomic E-state index is 11.3. The Bertz CT molecular complexity index is 638. The van der Waals surface area contributed by atoms with Crippen molar-refractivity contribution in [3.63, 3.8) is 0 Å². The van der Waals surface area contributed by atoms with Gasteiger partial charge in [0.15, 0.2) is 0 Å². The molecule has 0 saturated heterocycles. The summed E-state index contributed by atoms with van der Waals surface area (Å²) in [6.45, 7) is 6.64. The van der Waals surface area contributed by atoms with E-state index in [-0.39, 0.29) is 0 Å². The topological polar surface area (TPSA) is 62.2 Å². The second-order valence-corrected chi connectivity index (χ2v) is 5.89. The number of nitrogens with one attached hydrogen (secondary N) is 1. The molecule has 0 aliphatic carbocycles. The van der Waals surface area contributed by atoms with Crippen LogP contribution in [0.5, 0.6) is 0 Å². The fraction of sp³-hybridized carbons (Fsp3) is 0.412. The fourth-order valence-corrected chi connectivity index (χ4v) is 2.54. The van der Waals surface area contributed by atoms with E-state index >= 15 is 0 Å². The number of pyridine rings is 1. The molecule has 4 heteroatoms. The van der Waals surface area contributed by atoms with E-state index in [1.165, 1.54) is 0 Å². The number of aliphatic carboxylic acids is 1. The van der Waals surface area contributed by atoms with E-state index in [1.54, 1.807) is 6.20 Å². The molecule has 1 heterocycles. The van der Waals surface area contributed by atoms with Gasteiger partial charge in [0.05, 0.1) is 5.52 Å². The Labute approximate surface area is 125 Å². The number of aryl methyl sites for hydroxylation is 1. The van der Waals surface area contributed by atoms with Crippen molar-refractivity contribution in [3.8, 4) is 0 Å². The molecule has 0 radical (unpaired) electrons. The zero-order valence-electron chi connectivity index (χ0n) is 12.8. The number of carboxylic acid groups (broad SMARTS) is 1. The summed E-state index contributed by atoms with van der Waals surface area (Å²) in [6, 6.07) is 7.57. The Hall–Kier alpha value is -1.94. The van der Waals surface area contributed by atoms with E-state index in [9.17, 15) is 9.90 Å². The molecule has 2 rings (SSSR count). The van der Waals surface area contributed by atoms with Gasteiger partial charge in [0.1, 0.15) is 6.04 Å². The zero-order chi connectivity index (χ0) is 15.4. The van der Waals surface area contributed by atoms with Gasteiger partial charge in [-0.25, -0.2) is 0 Å². The Kier molecular flexibility index (Phi) is 4.91. The van der Waals surface area contributed by atoms with Gasteiger partial charge >= 0.3 is 5.97 Å². The van der Waals surface area contributed by atoms with Gasteiger partial charge in [-0.2, -0.15) is 0 Å². The van der Waals surface area contributed by atoms with Crippen LogP contribution < -0.4 is 5.32 Å². The highest BCUT2D eigenvalue weighted by atomic mass is 16.4. The summed E-state index contributed by atoms with van der Waals surface area (Å²) in [4.78, 5) is 15.6. The van der Waals surface area contributed by atoms with Crippen molar-refractivity contribution >= 4 is 16.9 Å². The van der Waals surface area contributed by atoms with Crippen molar-refractivity contribution in [2.45, 2.75) is 39.8 Å². The Morgan fingerprint density at radius 2 is 2.14 bits per heavy atom. The lowest BCUT2D eigenvalue weighted by Gasteiger charge is -2.17. The largest absolute Gasteiger partial charge is 0.480 e.